The molecule has 2 atom stereocenters. The molecule has 6 nitrogen and oxygen atoms in total. The molecule has 3 rings (SSSR count). The number of carboxylic acids is 1. The summed E-state index contributed by atoms with van der Waals surface area (Å²) in [6.07, 6.45) is 4.93. The molecule has 1 aromatic rings. The second-order valence-corrected chi connectivity index (χ2v) is 10.8. The Morgan fingerprint density at radius 3 is 2.45 bits per heavy atom. The van der Waals surface area contributed by atoms with Crippen LogP contribution in [0, 0.1) is 17.3 Å². The van der Waals surface area contributed by atoms with E-state index in [1.54, 1.807) is 6.92 Å². The van der Waals surface area contributed by atoms with E-state index in [2.05, 4.69) is 31.4 Å². The van der Waals surface area contributed by atoms with E-state index in [9.17, 15) is 14.4 Å². The molecule has 2 aliphatic carbocycles. The van der Waals surface area contributed by atoms with Gasteiger partial charge in [0.25, 0.3) is 5.91 Å². The van der Waals surface area contributed by atoms with Gasteiger partial charge in [0, 0.05) is 23.8 Å². The maximum absolute atomic E-state index is 12.9. The quantitative estimate of drug-likeness (QED) is 0.615. The third-order valence-electron chi connectivity index (χ3n) is 5.94. The number of hydrogen-bond donors (Lipinski definition) is 3. The number of rotatable bonds is 7. The van der Waals surface area contributed by atoms with E-state index in [1.807, 2.05) is 0 Å². The predicted octanol–water partition coefficient (Wildman–Crippen LogP) is 4.23. The van der Waals surface area contributed by atoms with Crippen LogP contribution in [0.1, 0.15) is 80.6 Å². The van der Waals surface area contributed by atoms with Crippen LogP contribution in [0.4, 0.5) is 5.00 Å². The molecule has 0 unspecified atom stereocenters. The van der Waals surface area contributed by atoms with Crippen LogP contribution in [0.5, 0.6) is 0 Å². The first-order valence-electron chi connectivity index (χ1n) is 10.5. The molecule has 0 aromatic carbocycles. The molecule has 1 saturated carbocycles. The third kappa shape index (κ3) is 5.59. The Morgan fingerprint density at radius 1 is 1.17 bits per heavy atom. The highest BCUT2D eigenvalue weighted by Crippen LogP contribution is 2.44. The lowest BCUT2D eigenvalue weighted by atomic mass is 9.72. The standard InChI is InChI=1S/C22H32N2O4S/c1-12(10-18(26)27)9-17(25)24-21-19(20(28)23-14-6-7-14)15-8-5-13(22(2,3)4)11-16(15)29-21/h12-14H,5-11H2,1-4H3,(H,23,28)(H,24,25)(H,26,27)/t12-,13-/m0/s1. The van der Waals surface area contributed by atoms with E-state index in [-0.39, 0.29) is 42.0 Å². The van der Waals surface area contributed by atoms with Gasteiger partial charge in [-0.3, -0.25) is 14.4 Å². The van der Waals surface area contributed by atoms with Crippen molar-refractivity contribution >= 4 is 34.1 Å². The van der Waals surface area contributed by atoms with Crippen LogP contribution in [-0.2, 0) is 22.4 Å². The number of carbonyl (C=O) groups excluding carboxylic acids is 2. The third-order valence-corrected chi connectivity index (χ3v) is 7.11. The van der Waals surface area contributed by atoms with Gasteiger partial charge in [-0.05, 0) is 54.9 Å². The van der Waals surface area contributed by atoms with Crippen molar-refractivity contribution in [2.24, 2.45) is 17.3 Å². The van der Waals surface area contributed by atoms with Crippen molar-refractivity contribution in [2.45, 2.75) is 78.7 Å². The number of thiophene rings is 1. The van der Waals surface area contributed by atoms with Gasteiger partial charge >= 0.3 is 5.97 Å². The Hall–Kier alpha value is -1.89. The van der Waals surface area contributed by atoms with Crippen molar-refractivity contribution in [2.75, 3.05) is 5.32 Å². The maximum Gasteiger partial charge on any atom is 0.303 e. The number of fused-ring (bicyclic) bond motifs is 1. The Kier molecular flexibility index (Phi) is 6.36. The molecule has 1 fully saturated rings. The summed E-state index contributed by atoms with van der Waals surface area (Å²) < 4.78 is 0. The molecule has 160 valence electrons. The fraction of sp³-hybridized carbons (Fsp3) is 0.682. The molecule has 7 heteroatoms. The maximum atomic E-state index is 12.9. The van der Waals surface area contributed by atoms with Crippen LogP contribution in [0.3, 0.4) is 0 Å². The second-order valence-electron chi connectivity index (χ2n) is 9.72. The smallest absolute Gasteiger partial charge is 0.303 e. The molecular weight excluding hydrogens is 388 g/mol. The van der Waals surface area contributed by atoms with E-state index in [1.165, 1.54) is 16.2 Å². The fourth-order valence-electron chi connectivity index (χ4n) is 4.00. The number of hydrogen-bond acceptors (Lipinski definition) is 4. The zero-order chi connectivity index (χ0) is 21.3. The largest absolute Gasteiger partial charge is 0.481 e. The van der Waals surface area contributed by atoms with Crippen molar-refractivity contribution in [3.63, 3.8) is 0 Å². The zero-order valence-electron chi connectivity index (χ0n) is 17.8. The zero-order valence-corrected chi connectivity index (χ0v) is 18.6. The van der Waals surface area contributed by atoms with Crippen LogP contribution in [0.2, 0.25) is 0 Å². The molecule has 0 bridgehead atoms. The molecule has 0 radical (unpaired) electrons. The average Bonchev–Trinajstić information content (AvgIpc) is 3.31. The topological polar surface area (TPSA) is 95.5 Å². The number of nitrogens with one attached hydrogen (secondary N) is 2. The van der Waals surface area contributed by atoms with Crippen molar-refractivity contribution < 1.29 is 19.5 Å². The highest BCUT2D eigenvalue weighted by atomic mass is 32.1. The fourth-order valence-corrected chi connectivity index (χ4v) is 5.34. The number of carboxylic acid groups (broad SMARTS) is 1. The summed E-state index contributed by atoms with van der Waals surface area (Å²) in [5, 5.41) is 15.5. The Labute approximate surface area is 176 Å². The van der Waals surface area contributed by atoms with Crippen LogP contribution < -0.4 is 10.6 Å². The molecule has 3 N–H and O–H groups in total. The molecule has 0 saturated heterocycles. The first kappa shape index (κ1) is 21.8. The van der Waals surface area contributed by atoms with Gasteiger partial charge in [0.2, 0.25) is 5.91 Å². The van der Waals surface area contributed by atoms with Gasteiger partial charge in [0.05, 0.1) is 5.56 Å². The van der Waals surface area contributed by atoms with Gasteiger partial charge in [-0.1, -0.05) is 27.7 Å². The minimum absolute atomic E-state index is 0.0450. The van der Waals surface area contributed by atoms with Crippen molar-refractivity contribution in [3.8, 4) is 0 Å². The van der Waals surface area contributed by atoms with Crippen molar-refractivity contribution in [1.29, 1.82) is 0 Å². The average molecular weight is 421 g/mol. The van der Waals surface area contributed by atoms with Gasteiger partial charge in [-0.15, -0.1) is 11.3 Å². The summed E-state index contributed by atoms with van der Waals surface area (Å²) in [7, 11) is 0. The number of carbonyl (C=O) groups is 3. The Morgan fingerprint density at radius 2 is 1.86 bits per heavy atom. The normalized spacial score (nSPS) is 19.9. The van der Waals surface area contributed by atoms with Crippen molar-refractivity contribution in [1.82, 2.24) is 5.32 Å². The Bertz CT molecular complexity index is 804. The van der Waals surface area contributed by atoms with Crippen molar-refractivity contribution in [3.05, 3.63) is 16.0 Å². The first-order chi connectivity index (χ1) is 13.5. The summed E-state index contributed by atoms with van der Waals surface area (Å²) in [5.74, 6) is -0.934. The molecule has 1 aromatic heterocycles. The Balaban J connectivity index is 1.81. The van der Waals surface area contributed by atoms with Gasteiger partial charge in [-0.25, -0.2) is 0 Å². The lowest BCUT2D eigenvalue weighted by molar-refractivity contribution is -0.138. The first-order valence-corrected chi connectivity index (χ1v) is 11.3. The lowest BCUT2D eigenvalue weighted by Crippen LogP contribution is -2.29. The van der Waals surface area contributed by atoms with E-state index < -0.39 is 5.97 Å². The van der Waals surface area contributed by atoms with Gasteiger partial charge in [-0.2, -0.15) is 0 Å². The van der Waals surface area contributed by atoms with Gasteiger partial charge < -0.3 is 15.7 Å². The minimum Gasteiger partial charge on any atom is -0.481 e. The summed E-state index contributed by atoms with van der Waals surface area (Å²) in [6, 6.07) is 0.253. The molecule has 29 heavy (non-hydrogen) atoms. The monoisotopic (exact) mass is 420 g/mol. The minimum atomic E-state index is -0.908. The number of aliphatic carboxylic acids is 1. The molecule has 0 spiro atoms. The molecular formula is C22H32N2O4S. The summed E-state index contributed by atoms with van der Waals surface area (Å²) in [4.78, 5) is 37.5. The number of amides is 2. The molecule has 1 heterocycles. The van der Waals surface area contributed by atoms with Crippen LogP contribution in [-0.4, -0.2) is 28.9 Å². The molecule has 2 amide bonds. The summed E-state index contributed by atoms with van der Waals surface area (Å²) >= 11 is 1.52. The highest BCUT2D eigenvalue weighted by molar-refractivity contribution is 7.17. The summed E-state index contributed by atoms with van der Waals surface area (Å²) in [6.45, 7) is 8.51. The SMILES string of the molecule is C[C@H](CC(=O)O)CC(=O)Nc1sc2c(c1C(=O)NC1CC1)CC[C@H](C(C)(C)C)C2. The predicted molar refractivity (Wildman–Crippen MR) is 114 cm³/mol. The molecule has 2 aliphatic rings. The second kappa shape index (κ2) is 8.46. The van der Waals surface area contributed by atoms with E-state index in [0.717, 1.165) is 37.7 Å². The molecule has 0 aliphatic heterocycles. The van der Waals surface area contributed by atoms with E-state index in [0.29, 0.717) is 16.5 Å². The van der Waals surface area contributed by atoms with Gasteiger partial charge in [0.1, 0.15) is 5.00 Å². The van der Waals surface area contributed by atoms with E-state index in [4.69, 9.17) is 5.11 Å². The van der Waals surface area contributed by atoms with Crippen LogP contribution in [0.25, 0.3) is 0 Å². The number of anilines is 1. The van der Waals surface area contributed by atoms with Crippen LogP contribution in [0.15, 0.2) is 0 Å². The van der Waals surface area contributed by atoms with E-state index >= 15 is 0 Å². The highest BCUT2D eigenvalue weighted by Gasteiger charge is 2.35. The van der Waals surface area contributed by atoms with Crippen LogP contribution >= 0.6 is 11.3 Å². The lowest BCUT2D eigenvalue weighted by Gasteiger charge is -2.33. The summed E-state index contributed by atoms with van der Waals surface area (Å²) in [5.41, 5.74) is 1.92. The van der Waals surface area contributed by atoms with Gasteiger partial charge in [0.15, 0.2) is 0 Å².